The van der Waals surface area contributed by atoms with E-state index in [1.807, 2.05) is 0 Å². The molecule has 1 heterocycles. The van der Waals surface area contributed by atoms with Gasteiger partial charge in [0.25, 0.3) is 0 Å². The maximum atomic E-state index is 13.3. The molecule has 0 amide bonds. The molecule has 5 nitrogen and oxygen atoms in total. The predicted molar refractivity (Wildman–Crippen MR) is 96.1 cm³/mol. The number of ether oxygens (including phenoxy) is 2. The molecule has 3 rings (SSSR count). The summed E-state index contributed by atoms with van der Waals surface area (Å²) in [5.74, 6) is 1.44. The Hall–Kier alpha value is -0.790. The largest absolute Gasteiger partial charge is 0.493 e. The van der Waals surface area contributed by atoms with Crippen LogP contribution in [-0.2, 0) is 10.0 Å². The fraction of sp³-hybridized carbons (Fsp3) is 0.647. The van der Waals surface area contributed by atoms with Gasteiger partial charge in [0, 0.05) is 23.1 Å². The van der Waals surface area contributed by atoms with Crippen LogP contribution in [0.3, 0.4) is 0 Å². The minimum atomic E-state index is -3.57. The van der Waals surface area contributed by atoms with Crippen molar-refractivity contribution in [1.82, 2.24) is 4.31 Å². The molecule has 1 saturated carbocycles. The van der Waals surface area contributed by atoms with Crippen molar-refractivity contribution in [2.75, 3.05) is 20.8 Å². The van der Waals surface area contributed by atoms with Crippen molar-refractivity contribution in [2.24, 2.45) is 5.92 Å². The summed E-state index contributed by atoms with van der Waals surface area (Å²) in [4.78, 5) is 0.256. The van der Waals surface area contributed by atoms with Crippen LogP contribution >= 0.6 is 15.9 Å². The molecule has 2 fully saturated rings. The molecule has 2 aliphatic rings. The second-order valence-corrected chi connectivity index (χ2v) is 9.22. The van der Waals surface area contributed by atoms with Gasteiger partial charge in [-0.25, -0.2) is 8.42 Å². The van der Waals surface area contributed by atoms with E-state index in [0.29, 0.717) is 28.4 Å². The Labute approximate surface area is 152 Å². The molecule has 24 heavy (non-hydrogen) atoms. The van der Waals surface area contributed by atoms with Crippen LogP contribution in [0.1, 0.15) is 38.5 Å². The van der Waals surface area contributed by atoms with Gasteiger partial charge in [-0.05, 0) is 53.6 Å². The number of fused-ring (bicyclic) bond motifs is 1. The third kappa shape index (κ3) is 3.18. The number of benzene rings is 1. The quantitative estimate of drug-likeness (QED) is 0.746. The summed E-state index contributed by atoms with van der Waals surface area (Å²) in [6, 6.07) is 3.36. The Morgan fingerprint density at radius 1 is 1.04 bits per heavy atom. The molecule has 7 heteroatoms. The highest BCUT2D eigenvalue weighted by Crippen LogP contribution is 2.41. The van der Waals surface area contributed by atoms with Gasteiger partial charge in [0.2, 0.25) is 10.0 Å². The number of nitrogens with zero attached hydrogens (tertiary/aromatic N) is 1. The first-order valence-electron chi connectivity index (χ1n) is 8.42. The number of methoxy groups -OCH3 is 2. The van der Waals surface area contributed by atoms with Crippen LogP contribution in [0, 0.1) is 5.92 Å². The highest BCUT2D eigenvalue weighted by molar-refractivity contribution is 9.10. The maximum Gasteiger partial charge on any atom is 0.244 e. The average molecular weight is 418 g/mol. The molecule has 1 aliphatic heterocycles. The molecular formula is C17H24BrNO4S. The van der Waals surface area contributed by atoms with Gasteiger partial charge in [0.05, 0.1) is 14.2 Å². The molecule has 0 N–H and O–H groups in total. The number of rotatable bonds is 4. The van der Waals surface area contributed by atoms with Crippen LogP contribution < -0.4 is 9.47 Å². The van der Waals surface area contributed by atoms with Gasteiger partial charge in [-0.15, -0.1) is 0 Å². The first kappa shape index (κ1) is 18.0. The Morgan fingerprint density at radius 3 is 2.38 bits per heavy atom. The zero-order valence-corrected chi connectivity index (χ0v) is 16.5. The monoisotopic (exact) mass is 417 g/mol. The van der Waals surface area contributed by atoms with E-state index in [1.165, 1.54) is 20.6 Å². The molecular weight excluding hydrogens is 394 g/mol. The summed E-state index contributed by atoms with van der Waals surface area (Å²) in [6.07, 6.45) is 6.52. The fourth-order valence-corrected chi connectivity index (χ4v) is 6.79. The second-order valence-electron chi connectivity index (χ2n) is 6.51. The molecule has 1 aromatic carbocycles. The molecule has 1 aromatic rings. The lowest BCUT2D eigenvalue weighted by Gasteiger charge is -2.43. The van der Waals surface area contributed by atoms with Crippen molar-refractivity contribution in [3.8, 4) is 11.5 Å². The van der Waals surface area contributed by atoms with E-state index in [4.69, 9.17) is 9.47 Å². The van der Waals surface area contributed by atoms with Gasteiger partial charge < -0.3 is 9.47 Å². The van der Waals surface area contributed by atoms with Crippen molar-refractivity contribution in [3.63, 3.8) is 0 Å². The van der Waals surface area contributed by atoms with E-state index in [0.717, 1.165) is 32.1 Å². The summed E-state index contributed by atoms with van der Waals surface area (Å²) in [5.41, 5.74) is 0. The number of piperidine rings is 1. The highest BCUT2D eigenvalue weighted by Gasteiger charge is 2.40. The average Bonchev–Trinajstić information content (AvgIpc) is 2.60. The van der Waals surface area contributed by atoms with Crippen molar-refractivity contribution < 1.29 is 17.9 Å². The SMILES string of the molecule is COc1cc(Br)c(S(=O)(=O)N2CCC[C@@H]3CCCC[C@@H]32)cc1OC. The molecule has 2 atom stereocenters. The molecule has 0 radical (unpaired) electrons. The van der Waals surface area contributed by atoms with Gasteiger partial charge in [0.1, 0.15) is 4.90 Å². The van der Waals surface area contributed by atoms with E-state index in [9.17, 15) is 8.42 Å². The van der Waals surface area contributed by atoms with E-state index in [2.05, 4.69) is 15.9 Å². The number of sulfonamides is 1. The number of hydrogen-bond acceptors (Lipinski definition) is 4. The Morgan fingerprint density at radius 2 is 1.67 bits per heavy atom. The zero-order chi connectivity index (χ0) is 17.3. The molecule has 0 bridgehead atoms. The summed E-state index contributed by atoms with van der Waals surface area (Å²) in [5, 5.41) is 0. The third-order valence-corrected chi connectivity index (χ3v) is 8.10. The Bertz CT molecular complexity index is 705. The summed E-state index contributed by atoms with van der Waals surface area (Å²) in [7, 11) is -0.518. The normalized spacial score (nSPS) is 25.1. The summed E-state index contributed by atoms with van der Waals surface area (Å²) < 4.78 is 39.4. The van der Waals surface area contributed by atoms with E-state index in [1.54, 1.807) is 16.4 Å². The van der Waals surface area contributed by atoms with E-state index < -0.39 is 10.0 Å². The number of halogens is 1. The minimum absolute atomic E-state index is 0.137. The molecule has 134 valence electrons. The molecule has 0 unspecified atom stereocenters. The van der Waals surface area contributed by atoms with Crippen molar-refractivity contribution >= 4 is 26.0 Å². The van der Waals surface area contributed by atoms with Crippen LogP contribution in [-0.4, -0.2) is 39.5 Å². The van der Waals surface area contributed by atoms with Crippen molar-refractivity contribution in [2.45, 2.75) is 49.5 Å². The first-order chi connectivity index (χ1) is 11.5. The van der Waals surface area contributed by atoms with Gasteiger partial charge in [0.15, 0.2) is 11.5 Å². The molecule has 0 aromatic heterocycles. The lowest BCUT2D eigenvalue weighted by molar-refractivity contribution is 0.129. The van der Waals surface area contributed by atoms with Crippen LogP contribution in [0.2, 0.25) is 0 Å². The zero-order valence-electron chi connectivity index (χ0n) is 14.1. The minimum Gasteiger partial charge on any atom is -0.493 e. The smallest absolute Gasteiger partial charge is 0.244 e. The predicted octanol–water partition coefficient (Wildman–Crippen LogP) is 3.81. The van der Waals surface area contributed by atoms with Crippen LogP contribution in [0.4, 0.5) is 0 Å². The fourth-order valence-electron chi connectivity index (χ4n) is 4.04. The van der Waals surface area contributed by atoms with Crippen molar-refractivity contribution in [1.29, 1.82) is 0 Å². The summed E-state index contributed by atoms with van der Waals surface area (Å²) >= 11 is 3.40. The van der Waals surface area contributed by atoms with E-state index >= 15 is 0 Å². The van der Waals surface area contributed by atoms with E-state index in [-0.39, 0.29) is 10.9 Å². The van der Waals surface area contributed by atoms with Crippen LogP contribution in [0.25, 0.3) is 0 Å². The highest BCUT2D eigenvalue weighted by atomic mass is 79.9. The molecule has 1 saturated heterocycles. The topological polar surface area (TPSA) is 55.8 Å². The number of hydrogen-bond donors (Lipinski definition) is 0. The standard InChI is InChI=1S/C17H24BrNO4S/c1-22-15-10-13(18)17(11-16(15)23-2)24(20,21)19-9-5-7-12-6-3-4-8-14(12)19/h10-12,14H,3-9H2,1-2H3/t12-,14-/m0/s1. The van der Waals surface area contributed by atoms with Gasteiger partial charge in [-0.3, -0.25) is 0 Å². The van der Waals surface area contributed by atoms with Crippen LogP contribution in [0.15, 0.2) is 21.5 Å². The Balaban J connectivity index is 2.00. The molecule has 1 aliphatic carbocycles. The van der Waals surface area contributed by atoms with Crippen LogP contribution in [0.5, 0.6) is 11.5 Å². The maximum absolute atomic E-state index is 13.3. The van der Waals surface area contributed by atoms with Gasteiger partial charge >= 0.3 is 0 Å². The molecule has 0 spiro atoms. The first-order valence-corrected chi connectivity index (χ1v) is 10.7. The lowest BCUT2D eigenvalue weighted by atomic mass is 9.79. The summed E-state index contributed by atoms with van der Waals surface area (Å²) in [6.45, 7) is 0.601. The second kappa shape index (κ2) is 7.22. The lowest BCUT2D eigenvalue weighted by Crippen LogP contribution is -2.49. The van der Waals surface area contributed by atoms with Crippen molar-refractivity contribution in [3.05, 3.63) is 16.6 Å². The van der Waals surface area contributed by atoms with Gasteiger partial charge in [-0.2, -0.15) is 4.31 Å². The van der Waals surface area contributed by atoms with Gasteiger partial charge in [-0.1, -0.05) is 12.8 Å². The Kier molecular flexibility index (Phi) is 5.42. The third-order valence-electron chi connectivity index (χ3n) is 5.22.